The molecule has 0 saturated carbocycles. The van der Waals surface area contributed by atoms with Crippen molar-refractivity contribution in [1.29, 1.82) is 0 Å². The fourth-order valence-corrected chi connectivity index (χ4v) is 2.14. The van der Waals surface area contributed by atoms with Crippen LogP contribution in [0.2, 0.25) is 0 Å². The SMILES string of the molecule is COCC(=O)NCc1cccc(N2CCCC2=O)c1. The average Bonchev–Trinajstić information content (AvgIpc) is 2.83. The summed E-state index contributed by atoms with van der Waals surface area (Å²) < 4.78 is 4.75. The number of ether oxygens (including phenoxy) is 1. The first-order valence-corrected chi connectivity index (χ1v) is 6.35. The van der Waals surface area contributed by atoms with E-state index in [0.29, 0.717) is 13.0 Å². The molecule has 1 aromatic carbocycles. The topological polar surface area (TPSA) is 58.6 Å². The van der Waals surface area contributed by atoms with Crippen molar-refractivity contribution in [2.75, 3.05) is 25.2 Å². The van der Waals surface area contributed by atoms with E-state index in [4.69, 9.17) is 4.74 Å². The highest BCUT2D eigenvalue weighted by Crippen LogP contribution is 2.22. The number of amides is 2. The highest BCUT2D eigenvalue weighted by atomic mass is 16.5. The number of nitrogens with one attached hydrogen (secondary N) is 1. The second-order valence-electron chi connectivity index (χ2n) is 4.53. The van der Waals surface area contributed by atoms with Gasteiger partial charge in [-0.05, 0) is 24.1 Å². The number of hydrogen-bond acceptors (Lipinski definition) is 3. The Bertz CT molecular complexity index is 474. The van der Waals surface area contributed by atoms with E-state index < -0.39 is 0 Å². The molecule has 1 aromatic rings. The van der Waals surface area contributed by atoms with Crippen LogP contribution in [0.3, 0.4) is 0 Å². The Kier molecular flexibility index (Phi) is 4.52. The summed E-state index contributed by atoms with van der Waals surface area (Å²) in [5.41, 5.74) is 1.88. The minimum atomic E-state index is -0.148. The summed E-state index contributed by atoms with van der Waals surface area (Å²) in [5, 5.41) is 2.76. The monoisotopic (exact) mass is 262 g/mol. The third kappa shape index (κ3) is 3.54. The lowest BCUT2D eigenvalue weighted by Gasteiger charge is -2.16. The summed E-state index contributed by atoms with van der Waals surface area (Å²) in [6.45, 7) is 1.28. The summed E-state index contributed by atoms with van der Waals surface area (Å²) in [6.07, 6.45) is 1.53. The number of carbonyl (C=O) groups is 2. The van der Waals surface area contributed by atoms with E-state index in [1.807, 2.05) is 24.3 Å². The van der Waals surface area contributed by atoms with Gasteiger partial charge in [0.15, 0.2) is 0 Å². The Morgan fingerprint density at radius 2 is 2.32 bits per heavy atom. The Balaban J connectivity index is 1.99. The fraction of sp³-hybridized carbons (Fsp3) is 0.429. The van der Waals surface area contributed by atoms with Crippen molar-refractivity contribution in [1.82, 2.24) is 5.32 Å². The van der Waals surface area contributed by atoms with Crippen molar-refractivity contribution in [3.05, 3.63) is 29.8 Å². The number of rotatable bonds is 5. The van der Waals surface area contributed by atoms with Crippen LogP contribution in [0.1, 0.15) is 18.4 Å². The molecule has 102 valence electrons. The molecule has 1 heterocycles. The van der Waals surface area contributed by atoms with Crippen molar-refractivity contribution in [2.45, 2.75) is 19.4 Å². The lowest BCUT2D eigenvalue weighted by Crippen LogP contribution is -2.27. The van der Waals surface area contributed by atoms with Crippen LogP contribution in [0, 0.1) is 0 Å². The molecule has 0 aromatic heterocycles. The van der Waals surface area contributed by atoms with Gasteiger partial charge in [-0.3, -0.25) is 9.59 Å². The zero-order chi connectivity index (χ0) is 13.7. The van der Waals surface area contributed by atoms with Gasteiger partial charge in [0.2, 0.25) is 11.8 Å². The van der Waals surface area contributed by atoms with E-state index in [-0.39, 0.29) is 18.4 Å². The van der Waals surface area contributed by atoms with Crippen molar-refractivity contribution in [2.24, 2.45) is 0 Å². The maximum atomic E-state index is 11.7. The molecule has 1 saturated heterocycles. The molecule has 2 amide bonds. The molecule has 1 fully saturated rings. The molecule has 0 unspecified atom stereocenters. The van der Waals surface area contributed by atoms with Gasteiger partial charge in [0.1, 0.15) is 6.61 Å². The minimum Gasteiger partial charge on any atom is -0.375 e. The van der Waals surface area contributed by atoms with E-state index in [1.165, 1.54) is 7.11 Å². The summed E-state index contributed by atoms with van der Waals surface area (Å²) in [5.74, 6) is 0.0192. The number of hydrogen-bond donors (Lipinski definition) is 1. The number of anilines is 1. The van der Waals surface area contributed by atoms with E-state index >= 15 is 0 Å². The van der Waals surface area contributed by atoms with Crippen LogP contribution in [0.25, 0.3) is 0 Å². The Morgan fingerprint density at radius 3 is 3.00 bits per heavy atom. The second-order valence-corrected chi connectivity index (χ2v) is 4.53. The normalized spacial score (nSPS) is 14.8. The van der Waals surface area contributed by atoms with Crippen LogP contribution in [-0.2, 0) is 20.9 Å². The molecule has 1 aliphatic heterocycles. The van der Waals surface area contributed by atoms with Crippen LogP contribution in [0.5, 0.6) is 0 Å². The summed E-state index contributed by atoms with van der Waals surface area (Å²) in [7, 11) is 1.49. The average molecular weight is 262 g/mol. The third-order valence-electron chi connectivity index (χ3n) is 3.06. The van der Waals surface area contributed by atoms with Gasteiger partial charge < -0.3 is 15.0 Å². The predicted molar refractivity (Wildman–Crippen MR) is 71.8 cm³/mol. The van der Waals surface area contributed by atoms with Gasteiger partial charge in [-0.25, -0.2) is 0 Å². The molecular formula is C14H18N2O3. The zero-order valence-corrected chi connectivity index (χ0v) is 11.0. The smallest absolute Gasteiger partial charge is 0.246 e. The Hall–Kier alpha value is -1.88. The van der Waals surface area contributed by atoms with Gasteiger partial charge in [-0.2, -0.15) is 0 Å². The summed E-state index contributed by atoms with van der Waals surface area (Å²) >= 11 is 0. The largest absolute Gasteiger partial charge is 0.375 e. The zero-order valence-electron chi connectivity index (χ0n) is 11.0. The molecule has 5 nitrogen and oxygen atoms in total. The fourth-order valence-electron chi connectivity index (χ4n) is 2.14. The van der Waals surface area contributed by atoms with Gasteiger partial charge >= 0.3 is 0 Å². The van der Waals surface area contributed by atoms with E-state index in [2.05, 4.69) is 5.32 Å². The van der Waals surface area contributed by atoms with Crippen LogP contribution < -0.4 is 10.2 Å². The number of carbonyl (C=O) groups excluding carboxylic acids is 2. The molecule has 0 atom stereocenters. The van der Waals surface area contributed by atoms with Crippen LogP contribution in [0.15, 0.2) is 24.3 Å². The van der Waals surface area contributed by atoms with Gasteiger partial charge in [0, 0.05) is 32.3 Å². The van der Waals surface area contributed by atoms with Gasteiger partial charge in [-0.15, -0.1) is 0 Å². The first kappa shape index (κ1) is 13.5. The van der Waals surface area contributed by atoms with Crippen molar-refractivity contribution in [3.63, 3.8) is 0 Å². The minimum absolute atomic E-state index is 0.0598. The van der Waals surface area contributed by atoms with Crippen molar-refractivity contribution in [3.8, 4) is 0 Å². The highest BCUT2D eigenvalue weighted by molar-refractivity contribution is 5.95. The molecule has 0 spiro atoms. The Morgan fingerprint density at radius 1 is 1.47 bits per heavy atom. The quantitative estimate of drug-likeness (QED) is 0.863. The molecule has 0 bridgehead atoms. The van der Waals surface area contributed by atoms with E-state index in [0.717, 1.165) is 24.2 Å². The van der Waals surface area contributed by atoms with Crippen molar-refractivity contribution < 1.29 is 14.3 Å². The van der Waals surface area contributed by atoms with E-state index in [1.54, 1.807) is 4.90 Å². The number of methoxy groups -OCH3 is 1. The number of nitrogens with zero attached hydrogens (tertiary/aromatic N) is 1. The second kappa shape index (κ2) is 6.33. The lowest BCUT2D eigenvalue weighted by molar-refractivity contribution is -0.124. The van der Waals surface area contributed by atoms with Gasteiger partial charge in [-0.1, -0.05) is 12.1 Å². The van der Waals surface area contributed by atoms with Crippen LogP contribution in [0.4, 0.5) is 5.69 Å². The molecule has 5 heteroatoms. The van der Waals surface area contributed by atoms with Crippen LogP contribution in [-0.4, -0.2) is 32.1 Å². The Labute approximate surface area is 112 Å². The molecule has 1 N–H and O–H groups in total. The van der Waals surface area contributed by atoms with Crippen molar-refractivity contribution >= 4 is 17.5 Å². The maximum absolute atomic E-state index is 11.7. The highest BCUT2D eigenvalue weighted by Gasteiger charge is 2.21. The maximum Gasteiger partial charge on any atom is 0.246 e. The summed E-state index contributed by atoms with van der Waals surface area (Å²) in [6, 6.07) is 7.69. The van der Waals surface area contributed by atoms with Gasteiger partial charge in [0.05, 0.1) is 0 Å². The van der Waals surface area contributed by atoms with Gasteiger partial charge in [0.25, 0.3) is 0 Å². The third-order valence-corrected chi connectivity index (χ3v) is 3.06. The lowest BCUT2D eigenvalue weighted by atomic mass is 10.2. The first-order valence-electron chi connectivity index (χ1n) is 6.35. The van der Waals surface area contributed by atoms with E-state index in [9.17, 15) is 9.59 Å². The van der Waals surface area contributed by atoms with Crippen LogP contribution >= 0.6 is 0 Å². The predicted octanol–water partition coefficient (Wildman–Crippen LogP) is 1.08. The molecule has 0 radical (unpaired) electrons. The molecule has 0 aliphatic carbocycles. The molecule has 2 rings (SSSR count). The first-order chi connectivity index (χ1) is 9.20. The standard InChI is InChI=1S/C14H18N2O3/c1-19-10-13(17)15-9-11-4-2-5-12(8-11)16-7-3-6-14(16)18/h2,4-5,8H,3,6-7,9-10H2,1H3,(H,15,17). The molecule has 19 heavy (non-hydrogen) atoms. The number of benzene rings is 1. The molecular weight excluding hydrogens is 244 g/mol. The molecule has 1 aliphatic rings. The summed E-state index contributed by atoms with van der Waals surface area (Å²) in [4.78, 5) is 24.8.